The van der Waals surface area contributed by atoms with Crippen LogP contribution in [0.3, 0.4) is 0 Å². The Kier molecular flexibility index (Phi) is 16.3. The summed E-state index contributed by atoms with van der Waals surface area (Å²) in [5, 5.41) is 7.36. The number of allylic oxidation sites excluding steroid dienone is 2. The van der Waals surface area contributed by atoms with Crippen LogP contribution < -0.4 is 21.2 Å². The summed E-state index contributed by atoms with van der Waals surface area (Å²) >= 11 is 0. The maximum atomic E-state index is 12.9. The average Bonchev–Trinajstić information content (AvgIpc) is 3.86. The Hall–Kier alpha value is -3.84. The van der Waals surface area contributed by atoms with Gasteiger partial charge in [-0.1, -0.05) is 30.7 Å². The van der Waals surface area contributed by atoms with E-state index < -0.39 is 12.1 Å². The van der Waals surface area contributed by atoms with Crippen molar-refractivity contribution in [2.75, 3.05) is 19.8 Å². The minimum atomic E-state index is -0.472. The maximum Gasteiger partial charge on any atom is 0.303 e. The number of carbonyl (C=O) groups excluding carboxylic acids is 3. The summed E-state index contributed by atoms with van der Waals surface area (Å²) in [6, 6.07) is 7.59. The number of hydrogen-bond acceptors (Lipinski definition) is 10. The van der Waals surface area contributed by atoms with Crippen molar-refractivity contribution in [2.45, 2.75) is 135 Å². The first-order chi connectivity index (χ1) is 25.3. The predicted octanol–water partition coefficient (Wildman–Crippen LogP) is 5.44. The Bertz CT molecular complexity index is 1480. The molecule has 3 aliphatic heterocycles. The fraction of sp³-hybridized carbons (Fsp3) is 0.610. The second-order valence-corrected chi connectivity index (χ2v) is 14.8. The molecule has 1 aromatic rings. The number of esters is 1. The summed E-state index contributed by atoms with van der Waals surface area (Å²) in [6.45, 7) is 13.1. The van der Waals surface area contributed by atoms with Crippen molar-refractivity contribution in [2.24, 2.45) is 16.8 Å². The van der Waals surface area contributed by atoms with Crippen molar-refractivity contribution in [3.63, 3.8) is 0 Å². The van der Waals surface area contributed by atoms with Crippen LogP contribution in [0.1, 0.15) is 98.5 Å². The van der Waals surface area contributed by atoms with Gasteiger partial charge in [0.15, 0.2) is 0 Å². The molecule has 8 atom stereocenters. The molecule has 4 rings (SSSR count). The summed E-state index contributed by atoms with van der Waals surface area (Å²) in [7, 11) is 0. The van der Waals surface area contributed by atoms with Crippen LogP contribution in [0.25, 0.3) is 0 Å². The van der Waals surface area contributed by atoms with Crippen molar-refractivity contribution in [3.8, 4) is 5.75 Å². The van der Waals surface area contributed by atoms with Crippen LogP contribution in [-0.2, 0) is 33.3 Å². The van der Waals surface area contributed by atoms with Gasteiger partial charge in [-0.15, -0.1) is 0 Å². The van der Waals surface area contributed by atoms with Gasteiger partial charge in [-0.3, -0.25) is 14.4 Å². The van der Waals surface area contributed by atoms with E-state index in [0.29, 0.717) is 31.9 Å². The number of hydrogen-bond donors (Lipinski definition) is 3. The number of carbonyl (C=O) groups is 3. The molecule has 3 heterocycles. The van der Waals surface area contributed by atoms with Gasteiger partial charge in [0.05, 0.1) is 61.4 Å². The Labute approximate surface area is 314 Å². The smallest absolute Gasteiger partial charge is 0.303 e. The maximum absolute atomic E-state index is 12.9. The van der Waals surface area contributed by atoms with Crippen LogP contribution in [0, 0.1) is 5.92 Å². The van der Waals surface area contributed by atoms with E-state index in [1.807, 2.05) is 38.1 Å². The van der Waals surface area contributed by atoms with E-state index in [4.69, 9.17) is 29.4 Å². The standard InChI is InChI=1S/C41H60N4O8/c1-27(11-18-38-28(2)22-37(31(5)52-38)43-39(47)19-12-29(3)51-32(6)46)10-15-35-24-41(26-50-41)25-36(53-35)23-40(48)45-44-30(4)33-13-16-34(17-14-33)49-21-9-7-8-20-42/h10-17,19,28-29,31,35-38H,7-9,18,20-26,42H2,1-6H3,(H,43,47)(H,45,48)/b15-10+,19-12-,27-11+,44-30+/t28-,29-,31+,35+,36+,37+,38-,41+/m0/s1. The summed E-state index contributed by atoms with van der Waals surface area (Å²) in [4.78, 5) is 36.5. The Balaban J connectivity index is 1.21. The quantitative estimate of drug-likeness (QED) is 0.0339. The third kappa shape index (κ3) is 14.5. The molecule has 0 aliphatic carbocycles. The fourth-order valence-electron chi connectivity index (χ4n) is 6.75. The molecule has 53 heavy (non-hydrogen) atoms. The number of amides is 2. The molecule has 3 saturated heterocycles. The van der Waals surface area contributed by atoms with Crippen LogP contribution in [0.2, 0.25) is 0 Å². The van der Waals surface area contributed by atoms with Crippen LogP contribution in [0.5, 0.6) is 5.75 Å². The monoisotopic (exact) mass is 736 g/mol. The molecular weight excluding hydrogens is 676 g/mol. The fourth-order valence-corrected chi connectivity index (χ4v) is 6.75. The lowest BCUT2D eigenvalue weighted by molar-refractivity contribution is -0.143. The van der Waals surface area contributed by atoms with Crippen molar-refractivity contribution < 1.29 is 38.1 Å². The lowest BCUT2D eigenvalue weighted by Crippen LogP contribution is -2.50. The van der Waals surface area contributed by atoms with Gasteiger partial charge in [-0.25, -0.2) is 5.43 Å². The van der Waals surface area contributed by atoms with Gasteiger partial charge < -0.3 is 34.7 Å². The van der Waals surface area contributed by atoms with E-state index in [1.165, 1.54) is 13.0 Å². The van der Waals surface area contributed by atoms with Gasteiger partial charge in [0.2, 0.25) is 11.8 Å². The van der Waals surface area contributed by atoms with Gasteiger partial charge in [0.25, 0.3) is 0 Å². The number of hydrazone groups is 1. The summed E-state index contributed by atoms with van der Waals surface area (Å²) in [5.41, 5.74) is 10.7. The summed E-state index contributed by atoms with van der Waals surface area (Å²) in [6.07, 6.45) is 14.4. The third-order valence-electron chi connectivity index (χ3n) is 9.90. The normalized spacial score (nSPS) is 28.2. The van der Waals surface area contributed by atoms with E-state index in [1.54, 1.807) is 13.0 Å². The largest absolute Gasteiger partial charge is 0.494 e. The zero-order chi connectivity index (χ0) is 38.4. The van der Waals surface area contributed by atoms with E-state index >= 15 is 0 Å². The van der Waals surface area contributed by atoms with Gasteiger partial charge in [-0.2, -0.15) is 5.10 Å². The number of nitrogens with one attached hydrogen (secondary N) is 2. The predicted molar refractivity (Wildman–Crippen MR) is 204 cm³/mol. The third-order valence-corrected chi connectivity index (χ3v) is 9.90. The Morgan fingerprint density at radius 2 is 1.81 bits per heavy atom. The SMILES string of the molecule is CC(=O)O[C@@H](C)/C=C\C(=O)N[C@@H]1C[C@H](C)[C@H](C/C=C(C)/C=C/[C@@H]2C[C@]3(CO3)C[C@@H](CC(=O)N/N=C(\C)c3ccc(OCCCCCN)cc3)O2)O[C@@H]1C. The highest BCUT2D eigenvalue weighted by atomic mass is 16.6. The summed E-state index contributed by atoms with van der Waals surface area (Å²) in [5.74, 6) is 0.214. The Morgan fingerprint density at radius 1 is 1.06 bits per heavy atom. The minimum Gasteiger partial charge on any atom is -0.494 e. The lowest BCUT2D eigenvalue weighted by atomic mass is 9.88. The lowest BCUT2D eigenvalue weighted by Gasteiger charge is -2.39. The molecule has 12 nitrogen and oxygen atoms in total. The van der Waals surface area contributed by atoms with E-state index in [0.717, 1.165) is 55.4 Å². The first-order valence-electron chi connectivity index (χ1n) is 19.1. The van der Waals surface area contributed by atoms with Gasteiger partial charge in [0.1, 0.15) is 11.9 Å². The molecule has 292 valence electrons. The van der Waals surface area contributed by atoms with Crippen molar-refractivity contribution in [1.29, 1.82) is 0 Å². The highest BCUT2D eigenvalue weighted by Crippen LogP contribution is 2.43. The number of ether oxygens (including phenoxy) is 5. The second kappa shape index (κ2) is 20.6. The molecule has 3 fully saturated rings. The number of nitrogens with zero attached hydrogens (tertiary/aromatic N) is 1. The highest BCUT2D eigenvalue weighted by Gasteiger charge is 2.51. The van der Waals surface area contributed by atoms with Crippen LogP contribution in [0.15, 0.2) is 65.3 Å². The molecular formula is C41H60N4O8. The topological polar surface area (TPSA) is 163 Å². The molecule has 0 aromatic heterocycles. The molecule has 0 unspecified atom stereocenters. The van der Waals surface area contributed by atoms with E-state index in [-0.39, 0.29) is 60.2 Å². The number of benzene rings is 1. The number of unbranched alkanes of at least 4 members (excludes halogenated alkanes) is 2. The molecule has 1 spiro atoms. The molecule has 2 amide bonds. The molecule has 0 saturated carbocycles. The van der Waals surface area contributed by atoms with Crippen LogP contribution in [0.4, 0.5) is 0 Å². The second-order valence-electron chi connectivity index (χ2n) is 14.8. The zero-order valence-electron chi connectivity index (χ0n) is 32.3. The summed E-state index contributed by atoms with van der Waals surface area (Å²) < 4.78 is 29.4. The van der Waals surface area contributed by atoms with Crippen LogP contribution >= 0.6 is 0 Å². The van der Waals surface area contributed by atoms with Gasteiger partial charge in [-0.05, 0) is 108 Å². The first-order valence-corrected chi connectivity index (χ1v) is 19.1. The van der Waals surface area contributed by atoms with E-state index in [9.17, 15) is 14.4 Å². The van der Waals surface area contributed by atoms with Gasteiger partial charge in [0, 0.05) is 25.8 Å². The molecule has 1 aromatic carbocycles. The number of epoxide rings is 1. The van der Waals surface area contributed by atoms with Gasteiger partial charge >= 0.3 is 5.97 Å². The van der Waals surface area contributed by atoms with Crippen molar-refractivity contribution in [1.82, 2.24) is 10.7 Å². The molecule has 0 radical (unpaired) electrons. The van der Waals surface area contributed by atoms with E-state index in [2.05, 4.69) is 47.9 Å². The van der Waals surface area contributed by atoms with Crippen molar-refractivity contribution in [3.05, 3.63) is 65.8 Å². The first kappa shape index (κ1) is 41.9. The average molecular weight is 737 g/mol. The zero-order valence-corrected chi connectivity index (χ0v) is 32.3. The number of nitrogens with two attached hydrogens (primary N) is 1. The molecule has 12 heteroatoms. The highest BCUT2D eigenvalue weighted by molar-refractivity contribution is 5.99. The van der Waals surface area contributed by atoms with Crippen molar-refractivity contribution >= 4 is 23.5 Å². The number of rotatable bonds is 18. The molecule has 0 bridgehead atoms. The molecule has 4 N–H and O–H groups in total. The minimum absolute atomic E-state index is 0.0271. The van der Waals surface area contributed by atoms with Crippen LogP contribution in [-0.4, -0.2) is 85.4 Å². The Morgan fingerprint density at radius 3 is 2.51 bits per heavy atom. The molecule has 3 aliphatic rings.